The number of halogens is 1. The molecular weight excluding hydrogens is 340 g/mol. The molecule has 0 saturated heterocycles. The van der Waals surface area contributed by atoms with Crippen LogP contribution in [0.2, 0.25) is 0 Å². The zero-order chi connectivity index (χ0) is 14.5. The van der Waals surface area contributed by atoms with Gasteiger partial charge in [-0.2, -0.15) is 0 Å². The molecule has 0 heterocycles. The fourth-order valence-corrected chi connectivity index (χ4v) is 2.86. The lowest BCUT2D eigenvalue weighted by Gasteiger charge is -2.11. The van der Waals surface area contributed by atoms with Crippen molar-refractivity contribution in [1.82, 2.24) is 0 Å². The Labute approximate surface area is 129 Å². The summed E-state index contributed by atoms with van der Waals surface area (Å²) in [6.07, 6.45) is 2.03. The largest absolute Gasteiger partial charge is 0.380 e. The van der Waals surface area contributed by atoms with Crippen molar-refractivity contribution in [2.75, 3.05) is 11.6 Å². The highest BCUT2D eigenvalue weighted by Gasteiger charge is 2.09. The van der Waals surface area contributed by atoms with Crippen LogP contribution in [0.3, 0.4) is 0 Å². The molecule has 0 amide bonds. The molecule has 0 aliphatic carbocycles. The molecule has 2 rings (SSSR count). The number of nitro benzene ring substituents is 1. The van der Waals surface area contributed by atoms with Crippen LogP contribution in [-0.2, 0) is 6.54 Å². The van der Waals surface area contributed by atoms with Gasteiger partial charge in [-0.1, -0.05) is 28.1 Å². The van der Waals surface area contributed by atoms with Gasteiger partial charge in [-0.3, -0.25) is 10.1 Å². The van der Waals surface area contributed by atoms with Crippen LogP contribution in [0, 0.1) is 10.1 Å². The fourth-order valence-electron chi connectivity index (χ4n) is 1.77. The van der Waals surface area contributed by atoms with Gasteiger partial charge in [0, 0.05) is 33.7 Å². The van der Waals surface area contributed by atoms with E-state index in [-0.39, 0.29) is 5.69 Å². The Morgan fingerprint density at radius 1 is 1.30 bits per heavy atom. The van der Waals surface area contributed by atoms with Crippen molar-refractivity contribution in [1.29, 1.82) is 0 Å². The Balaban J connectivity index is 2.13. The summed E-state index contributed by atoms with van der Waals surface area (Å²) < 4.78 is 0.737. The van der Waals surface area contributed by atoms with Crippen LogP contribution in [0.5, 0.6) is 0 Å². The topological polar surface area (TPSA) is 55.2 Å². The Kier molecular flexibility index (Phi) is 5.03. The third kappa shape index (κ3) is 3.52. The van der Waals surface area contributed by atoms with E-state index in [1.54, 1.807) is 17.8 Å². The maximum atomic E-state index is 10.7. The first kappa shape index (κ1) is 14.9. The molecule has 6 heteroatoms. The predicted octanol–water partition coefficient (Wildman–Crippen LogP) is 4.69. The Bertz CT molecular complexity index is 634. The van der Waals surface area contributed by atoms with Gasteiger partial charge in [-0.25, -0.2) is 0 Å². The van der Waals surface area contributed by atoms with Gasteiger partial charge in [-0.05, 0) is 30.0 Å². The van der Waals surface area contributed by atoms with Crippen LogP contribution in [0.1, 0.15) is 5.56 Å². The van der Waals surface area contributed by atoms with Crippen molar-refractivity contribution >= 4 is 39.1 Å². The van der Waals surface area contributed by atoms with Gasteiger partial charge in [0.2, 0.25) is 0 Å². The van der Waals surface area contributed by atoms with Crippen LogP contribution in [0.25, 0.3) is 0 Å². The first-order valence-electron chi connectivity index (χ1n) is 5.91. The first-order chi connectivity index (χ1) is 9.61. The molecule has 4 nitrogen and oxygen atoms in total. The summed E-state index contributed by atoms with van der Waals surface area (Å²) >= 11 is 5.05. The summed E-state index contributed by atoms with van der Waals surface area (Å²) in [7, 11) is 0. The van der Waals surface area contributed by atoms with E-state index in [2.05, 4.69) is 27.3 Å². The fraction of sp³-hybridized carbons (Fsp3) is 0.143. The zero-order valence-electron chi connectivity index (χ0n) is 10.8. The summed E-state index contributed by atoms with van der Waals surface area (Å²) in [5.74, 6) is 0. The minimum Gasteiger partial charge on any atom is -0.380 e. The van der Waals surface area contributed by atoms with E-state index in [1.165, 1.54) is 17.0 Å². The second-order valence-corrected chi connectivity index (χ2v) is 5.79. The van der Waals surface area contributed by atoms with Crippen molar-refractivity contribution in [2.45, 2.75) is 11.4 Å². The van der Waals surface area contributed by atoms with Crippen LogP contribution in [0.4, 0.5) is 11.4 Å². The van der Waals surface area contributed by atoms with Gasteiger partial charge in [0.15, 0.2) is 0 Å². The number of hydrogen-bond acceptors (Lipinski definition) is 4. The summed E-state index contributed by atoms with van der Waals surface area (Å²) in [4.78, 5) is 11.5. The van der Waals surface area contributed by atoms with Crippen molar-refractivity contribution in [3.8, 4) is 0 Å². The van der Waals surface area contributed by atoms with E-state index in [4.69, 9.17) is 0 Å². The average molecular weight is 353 g/mol. The third-order valence-electron chi connectivity index (χ3n) is 2.82. The molecule has 0 radical (unpaired) electrons. The highest BCUT2D eigenvalue weighted by molar-refractivity contribution is 9.10. The van der Waals surface area contributed by atoms with Gasteiger partial charge in [0.05, 0.1) is 4.92 Å². The van der Waals surface area contributed by atoms with Gasteiger partial charge in [-0.15, -0.1) is 11.8 Å². The molecule has 0 bridgehead atoms. The number of hydrogen-bond donors (Lipinski definition) is 1. The highest BCUT2D eigenvalue weighted by Crippen LogP contribution is 2.27. The lowest BCUT2D eigenvalue weighted by molar-refractivity contribution is -0.384. The Morgan fingerprint density at radius 2 is 2.05 bits per heavy atom. The van der Waals surface area contributed by atoms with Crippen molar-refractivity contribution in [2.24, 2.45) is 0 Å². The van der Waals surface area contributed by atoms with Gasteiger partial charge in [0.25, 0.3) is 5.69 Å². The summed E-state index contributed by atoms with van der Waals surface area (Å²) in [5, 5.41) is 14.0. The quantitative estimate of drug-likeness (QED) is 0.481. The van der Waals surface area contributed by atoms with E-state index in [0.29, 0.717) is 6.54 Å². The monoisotopic (exact) mass is 352 g/mol. The molecular formula is C14H13BrN2O2S. The molecule has 1 N–H and O–H groups in total. The summed E-state index contributed by atoms with van der Waals surface area (Å²) in [6.45, 7) is 0.607. The molecule has 0 fully saturated rings. The maximum absolute atomic E-state index is 10.7. The number of anilines is 1. The van der Waals surface area contributed by atoms with Crippen molar-refractivity contribution in [3.05, 3.63) is 62.6 Å². The van der Waals surface area contributed by atoms with Crippen molar-refractivity contribution in [3.63, 3.8) is 0 Å². The van der Waals surface area contributed by atoms with E-state index < -0.39 is 4.92 Å². The van der Waals surface area contributed by atoms with Gasteiger partial charge < -0.3 is 5.32 Å². The van der Waals surface area contributed by atoms with E-state index in [0.717, 1.165) is 15.7 Å². The molecule has 2 aromatic rings. The molecule has 0 unspecified atom stereocenters. The molecule has 0 spiro atoms. The highest BCUT2D eigenvalue weighted by atomic mass is 79.9. The normalized spacial score (nSPS) is 10.3. The maximum Gasteiger partial charge on any atom is 0.270 e. The molecule has 0 aliphatic rings. The Morgan fingerprint density at radius 3 is 2.70 bits per heavy atom. The number of nitrogens with zero attached hydrogens (tertiary/aromatic N) is 1. The predicted molar refractivity (Wildman–Crippen MR) is 86.3 cm³/mol. The molecule has 104 valence electrons. The second kappa shape index (κ2) is 6.76. The molecule has 0 aromatic heterocycles. The summed E-state index contributed by atoms with van der Waals surface area (Å²) in [5.41, 5.74) is 2.13. The van der Waals surface area contributed by atoms with E-state index in [9.17, 15) is 10.1 Å². The number of para-hydroxylation sites is 1. The minimum atomic E-state index is -0.398. The smallest absolute Gasteiger partial charge is 0.270 e. The first-order valence-corrected chi connectivity index (χ1v) is 7.93. The van der Waals surface area contributed by atoms with Crippen LogP contribution in [0.15, 0.2) is 51.8 Å². The summed E-state index contributed by atoms with van der Waals surface area (Å²) in [6, 6.07) is 12.9. The lowest BCUT2D eigenvalue weighted by Crippen LogP contribution is -2.01. The Hall–Kier alpha value is -1.53. The number of rotatable bonds is 5. The van der Waals surface area contributed by atoms with Crippen LogP contribution in [-0.4, -0.2) is 11.2 Å². The molecule has 0 atom stereocenters. The van der Waals surface area contributed by atoms with Crippen LogP contribution >= 0.6 is 27.7 Å². The van der Waals surface area contributed by atoms with Crippen LogP contribution < -0.4 is 5.32 Å². The molecule has 0 aliphatic heterocycles. The number of nitrogens with one attached hydrogen (secondary N) is 1. The van der Waals surface area contributed by atoms with E-state index in [1.807, 2.05) is 24.5 Å². The zero-order valence-corrected chi connectivity index (χ0v) is 13.2. The minimum absolute atomic E-state index is 0.0881. The van der Waals surface area contributed by atoms with Gasteiger partial charge in [0.1, 0.15) is 0 Å². The SMILES string of the molecule is CSc1ccccc1NCc1ccc([N+](=O)[O-])cc1Br. The number of benzene rings is 2. The molecule has 0 saturated carbocycles. The molecule has 20 heavy (non-hydrogen) atoms. The van der Waals surface area contributed by atoms with Crippen molar-refractivity contribution < 1.29 is 4.92 Å². The third-order valence-corrected chi connectivity index (χ3v) is 4.36. The average Bonchev–Trinajstić information content (AvgIpc) is 2.46. The number of thioether (sulfide) groups is 1. The standard InChI is InChI=1S/C14H13BrN2O2S/c1-20-14-5-3-2-4-13(14)16-9-10-6-7-11(17(18)19)8-12(10)15/h2-8,16H,9H2,1H3. The second-order valence-electron chi connectivity index (χ2n) is 4.09. The lowest BCUT2D eigenvalue weighted by atomic mass is 10.2. The number of non-ortho nitro benzene ring substituents is 1. The van der Waals surface area contributed by atoms with Gasteiger partial charge >= 0.3 is 0 Å². The van der Waals surface area contributed by atoms with E-state index >= 15 is 0 Å². The molecule has 2 aromatic carbocycles. The number of nitro groups is 1.